The molecule has 2 aliphatic rings. The van der Waals surface area contributed by atoms with Crippen molar-refractivity contribution in [3.63, 3.8) is 0 Å². The summed E-state index contributed by atoms with van der Waals surface area (Å²) < 4.78 is 24.7. The Morgan fingerprint density at radius 3 is 2.70 bits per heavy atom. The van der Waals surface area contributed by atoms with Crippen LogP contribution in [0.2, 0.25) is 0 Å². The molecule has 5 rings (SSSR count). The third kappa shape index (κ3) is 2.57. The molecule has 1 amide bonds. The lowest BCUT2D eigenvalue weighted by Crippen LogP contribution is -2.43. The highest BCUT2D eigenvalue weighted by Gasteiger charge is 2.34. The second-order valence-corrected chi connectivity index (χ2v) is 6.36. The number of para-hydroxylation sites is 1. The fraction of sp³-hybridized carbons (Fsp3) is 0.0952. The van der Waals surface area contributed by atoms with Crippen molar-refractivity contribution in [1.29, 1.82) is 0 Å². The van der Waals surface area contributed by atoms with Gasteiger partial charge in [0.25, 0.3) is 5.91 Å². The Labute approximate surface area is 154 Å². The molecule has 0 radical (unpaired) electrons. The summed E-state index contributed by atoms with van der Waals surface area (Å²) in [6, 6.07) is 18.9. The summed E-state index contributed by atoms with van der Waals surface area (Å²) in [5.74, 6) is 0.694. The maximum Gasteiger partial charge on any atom is 0.262 e. The number of fused-ring (bicyclic) bond motifs is 2. The Bertz CT molecular complexity index is 1050. The van der Waals surface area contributed by atoms with E-state index in [0.29, 0.717) is 34.0 Å². The minimum Gasteiger partial charge on any atom is -0.454 e. The number of hydrogen-bond donors (Lipinski definition) is 1. The van der Waals surface area contributed by atoms with Crippen molar-refractivity contribution >= 4 is 17.3 Å². The first kappa shape index (κ1) is 15.7. The molecule has 1 N–H and O–H groups in total. The zero-order chi connectivity index (χ0) is 18.4. The van der Waals surface area contributed by atoms with Crippen LogP contribution >= 0.6 is 0 Å². The Kier molecular flexibility index (Phi) is 3.50. The summed E-state index contributed by atoms with van der Waals surface area (Å²) in [5.41, 5.74) is 2.56. The first-order valence-electron chi connectivity index (χ1n) is 8.55. The molecule has 5 nitrogen and oxygen atoms in total. The van der Waals surface area contributed by atoms with Crippen LogP contribution in [0, 0.1) is 5.82 Å². The molecule has 3 aromatic carbocycles. The highest BCUT2D eigenvalue weighted by Crippen LogP contribution is 2.41. The Morgan fingerprint density at radius 1 is 0.963 bits per heavy atom. The Balaban J connectivity index is 1.66. The lowest BCUT2D eigenvalue weighted by molar-refractivity contribution is 0.0975. The van der Waals surface area contributed by atoms with Crippen LogP contribution in [0.3, 0.4) is 0 Å². The third-order valence-corrected chi connectivity index (χ3v) is 4.73. The number of carbonyl (C=O) groups excluding carboxylic acids is 1. The van der Waals surface area contributed by atoms with E-state index >= 15 is 0 Å². The summed E-state index contributed by atoms with van der Waals surface area (Å²) in [7, 11) is 0. The highest BCUT2D eigenvalue weighted by molar-refractivity contribution is 6.12. The molecule has 2 aliphatic heterocycles. The molecular formula is C21H15FN2O3. The molecule has 0 saturated carbocycles. The van der Waals surface area contributed by atoms with E-state index in [2.05, 4.69) is 5.32 Å². The van der Waals surface area contributed by atoms with Crippen LogP contribution in [0.4, 0.5) is 15.8 Å². The zero-order valence-electron chi connectivity index (χ0n) is 14.2. The van der Waals surface area contributed by atoms with Crippen molar-refractivity contribution in [2.45, 2.75) is 6.17 Å². The van der Waals surface area contributed by atoms with Gasteiger partial charge in [-0.15, -0.1) is 0 Å². The van der Waals surface area contributed by atoms with E-state index in [-0.39, 0.29) is 18.5 Å². The average Bonchev–Trinajstić information content (AvgIpc) is 3.16. The van der Waals surface area contributed by atoms with E-state index in [9.17, 15) is 9.18 Å². The normalized spacial score (nSPS) is 17.4. The molecule has 6 heteroatoms. The quantitative estimate of drug-likeness (QED) is 0.737. The van der Waals surface area contributed by atoms with E-state index in [4.69, 9.17) is 9.47 Å². The largest absolute Gasteiger partial charge is 0.454 e. The Hall–Kier alpha value is -3.54. The van der Waals surface area contributed by atoms with Crippen molar-refractivity contribution in [1.82, 2.24) is 0 Å². The Morgan fingerprint density at radius 2 is 1.81 bits per heavy atom. The molecule has 3 aromatic rings. The summed E-state index contributed by atoms with van der Waals surface area (Å²) in [6.07, 6.45) is -0.552. The van der Waals surface area contributed by atoms with Crippen LogP contribution in [-0.2, 0) is 0 Å². The molecule has 27 heavy (non-hydrogen) atoms. The third-order valence-electron chi connectivity index (χ3n) is 4.73. The number of benzene rings is 3. The van der Waals surface area contributed by atoms with Crippen molar-refractivity contribution in [3.8, 4) is 11.5 Å². The summed E-state index contributed by atoms with van der Waals surface area (Å²) in [4.78, 5) is 14.9. The van der Waals surface area contributed by atoms with Crippen molar-refractivity contribution < 1.29 is 18.7 Å². The van der Waals surface area contributed by atoms with Gasteiger partial charge < -0.3 is 14.8 Å². The average molecular weight is 362 g/mol. The number of ether oxygens (including phenoxy) is 2. The van der Waals surface area contributed by atoms with Crippen LogP contribution in [-0.4, -0.2) is 12.7 Å². The van der Waals surface area contributed by atoms with Gasteiger partial charge in [-0.3, -0.25) is 9.69 Å². The lowest BCUT2D eigenvalue weighted by atomic mass is 10.0. The van der Waals surface area contributed by atoms with E-state index in [0.717, 1.165) is 0 Å². The van der Waals surface area contributed by atoms with Gasteiger partial charge in [0.1, 0.15) is 12.0 Å². The molecule has 1 unspecified atom stereocenters. The summed E-state index contributed by atoms with van der Waals surface area (Å²) in [5, 5.41) is 3.35. The number of halogens is 1. The van der Waals surface area contributed by atoms with Crippen LogP contribution in [0.25, 0.3) is 0 Å². The van der Waals surface area contributed by atoms with Gasteiger partial charge in [-0.2, -0.15) is 0 Å². The van der Waals surface area contributed by atoms with Gasteiger partial charge in [0, 0.05) is 11.8 Å². The summed E-state index contributed by atoms with van der Waals surface area (Å²) >= 11 is 0. The zero-order valence-corrected chi connectivity index (χ0v) is 14.2. The van der Waals surface area contributed by atoms with Gasteiger partial charge in [-0.25, -0.2) is 4.39 Å². The molecule has 0 fully saturated rings. The first-order chi connectivity index (χ1) is 13.2. The standard InChI is InChI=1S/C21H15FN2O3/c22-14-5-3-4-13(10-14)20-23-17-7-2-1-6-16(17)21(25)24(20)15-8-9-18-19(11-15)27-12-26-18/h1-11,20,23H,12H2. The number of amides is 1. The molecule has 0 bridgehead atoms. The number of anilines is 2. The van der Waals surface area contributed by atoms with Crippen LogP contribution in [0.5, 0.6) is 11.5 Å². The maximum atomic E-state index is 13.9. The lowest BCUT2D eigenvalue weighted by Gasteiger charge is -2.38. The molecule has 1 atom stereocenters. The van der Waals surface area contributed by atoms with Gasteiger partial charge >= 0.3 is 0 Å². The predicted octanol–water partition coefficient (Wildman–Crippen LogP) is 4.33. The van der Waals surface area contributed by atoms with Crippen LogP contribution in [0.15, 0.2) is 66.7 Å². The van der Waals surface area contributed by atoms with Crippen molar-refractivity contribution in [3.05, 3.63) is 83.7 Å². The maximum absolute atomic E-state index is 13.9. The second kappa shape index (κ2) is 6.02. The summed E-state index contributed by atoms with van der Waals surface area (Å²) in [6.45, 7) is 0.154. The van der Waals surface area contributed by atoms with Crippen molar-refractivity contribution in [2.75, 3.05) is 17.0 Å². The monoisotopic (exact) mass is 362 g/mol. The molecule has 0 saturated heterocycles. The second-order valence-electron chi connectivity index (χ2n) is 6.36. The molecular weight excluding hydrogens is 347 g/mol. The predicted molar refractivity (Wildman–Crippen MR) is 98.6 cm³/mol. The minimum atomic E-state index is -0.552. The fourth-order valence-electron chi connectivity index (χ4n) is 3.46. The number of rotatable bonds is 2. The smallest absolute Gasteiger partial charge is 0.262 e. The minimum absolute atomic E-state index is 0.154. The van der Waals surface area contributed by atoms with Gasteiger partial charge in [-0.1, -0.05) is 24.3 Å². The highest BCUT2D eigenvalue weighted by atomic mass is 19.1. The van der Waals surface area contributed by atoms with E-state index < -0.39 is 6.17 Å². The fourth-order valence-corrected chi connectivity index (χ4v) is 3.46. The molecule has 134 valence electrons. The number of nitrogens with zero attached hydrogens (tertiary/aromatic N) is 1. The SMILES string of the molecule is O=C1c2ccccc2NC(c2cccc(F)c2)N1c1ccc2c(c1)OCO2. The van der Waals surface area contributed by atoms with E-state index in [1.165, 1.54) is 12.1 Å². The topological polar surface area (TPSA) is 50.8 Å². The van der Waals surface area contributed by atoms with Gasteiger partial charge in [0.05, 0.1) is 11.3 Å². The molecule has 0 spiro atoms. The van der Waals surface area contributed by atoms with Gasteiger partial charge in [-0.05, 0) is 42.0 Å². The molecule has 2 heterocycles. The van der Waals surface area contributed by atoms with Gasteiger partial charge in [0.15, 0.2) is 11.5 Å². The van der Waals surface area contributed by atoms with Gasteiger partial charge in [0.2, 0.25) is 6.79 Å². The molecule has 0 aromatic heterocycles. The first-order valence-corrected chi connectivity index (χ1v) is 8.55. The molecule has 0 aliphatic carbocycles. The number of carbonyl (C=O) groups is 1. The number of nitrogens with one attached hydrogen (secondary N) is 1. The van der Waals surface area contributed by atoms with Crippen molar-refractivity contribution in [2.24, 2.45) is 0 Å². The van der Waals surface area contributed by atoms with E-state index in [1.54, 1.807) is 41.3 Å². The van der Waals surface area contributed by atoms with Crippen LogP contribution < -0.4 is 19.7 Å². The van der Waals surface area contributed by atoms with E-state index in [1.807, 2.05) is 18.2 Å². The van der Waals surface area contributed by atoms with Crippen LogP contribution in [0.1, 0.15) is 22.1 Å². The number of hydrogen-bond acceptors (Lipinski definition) is 4.